The Hall–Kier alpha value is -2.67. The van der Waals surface area contributed by atoms with Crippen LogP contribution in [-0.2, 0) is 4.79 Å². The van der Waals surface area contributed by atoms with Crippen LogP contribution in [0.15, 0.2) is 47.4 Å². The number of nitrogens with one attached hydrogen (secondary N) is 3. The lowest BCUT2D eigenvalue weighted by Crippen LogP contribution is -2.19. The molecule has 0 aromatic heterocycles. The number of carbonyl (C=O) groups excluding carboxylic acids is 2. The van der Waals surface area contributed by atoms with Crippen molar-refractivity contribution in [3.05, 3.63) is 42.5 Å². The molecule has 2 aromatic carbocycles. The van der Waals surface area contributed by atoms with E-state index < -0.39 is 0 Å². The summed E-state index contributed by atoms with van der Waals surface area (Å²) >= 11 is 1.60. The van der Waals surface area contributed by atoms with Gasteiger partial charge in [-0.3, -0.25) is 4.79 Å². The van der Waals surface area contributed by atoms with Crippen LogP contribution in [0.25, 0.3) is 0 Å². The summed E-state index contributed by atoms with van der Waals surface area (Å²) in [5.41, 5.74) is 1.87. The van der Waals surface area contributed by atoms with Gasteiger partial charge in [0.15, 0.2) is 0 Å². The van der Waals surface area contributed by atoms with Gasteiger partial charge in [-0.25, -0.2) is 4.79 Å². The van der Waals surface area contributed by atoms with Gasteiger partial charge < -0.3 is 20.7 Å². The molecule has 0 atom stereocenters. The third-order valence-corrected chi connectivity index (χ3v) is 3.85. The van der Waals surface area contributed by atoms with Gasteiger partial charge in [-0.05, 0) is 48.7 Å². The van der Waals surface area contributed by atoms with Gasteiger partial charge in [-0.2, -0.15) is 0 Å². The van der Waals surface area contributed by atoms with Crippen LogP contribution < -0.4 is 20.7 Å². The molecule has 0 unspecified atom stereocenters. The Morgan fingerprint density at radius 1 is 0.958 bits per heavy atom. The molecule has 2 aromatic rings. The number of urea groups is 1. The highest BCUT2D eigenvalue weighted by Gasteiger charge is 2.08. The van der Waals surface area contributed by atoms with Crippen molar-refractivity contribution in [2.75, 3.05) is 29.3 Å². The van der Waals surface area contributed by atoms with E-state index in [2.05, 4.69) is 16.0 Å². The predicted molar refractivity (Wildman–Crippen MR) is 98.2 cm³/mol. The van der Waals surface area contributed by atoms with Crippen LogP contribution >= 0.6 is 11.8 Å². The van der Waals surface area contributed by atoms with Gasteiger partial charge in [-0.15, -0.1) is 11.8 Å². The van der Waals surface area contributed by atoms with E-state index in [1.54, 1.807) is 49.2 Å². The highest BCUT2D eigenvalue weighted by Crippen LogP contribution is 2.29. The lowest BCUT2D eigenvalue weighted by molar-refractivity contribution is -0.114. The van der Waals surface area contributed by atoms with Crippen molar-refractivity contribution in [3.63, 3.8) is 0 Å². The number of amides is 3. The normalized spacial score (nSPS) is 9.96. The van der Waals surface area contributed by atoms with E-state index in [1.165, 1.54) is 6.92 Å². The molecule has 0 aliphatic carbocycles. The largest absolute Gasteiger partial charge is 0.495 e. The average Bonchev–Trinajstić information content (AvgIpc) is 2.56. The third-order valence-electron chi connectivity index (χ3n) is 3.12. The molecular weight excluding hydrogens is 326 g/mol. The van der Waals surface area contributed by atoms with Crippen molar-refractivity contribution >= 4 is 40.8 Å². The lowest BCUT2D eigenvalue weighted by atomic mass is 10.2. The molecule has 0 bridgehead atoms. The molecule has 0 aliphatic rings. The zero-order chi connectivity index (χ0) is 17.5. The molecule has 0 radical (unpaired) electrons. The Kier molecular flexibility index (Phi) is 6.08. The average molecular weight is 345 g/mol. The molecule has 24 heavy (non-hydrogen) atoms. The fourth-order valence-corrected chi connectivity index (χ4v) is 2.46. The number of rotatable bonds is 5. The van der Waals surface area contributed by atoms with Crippen LogP contribution in [0.3, 0.4) is 0 Å². The maximum Gasteiger partial charge on any atom is 0.323 e. The Labute approximate surface area is 145 Å². The van der Waals surface area contributed by atoms with Crippen LogP contribution in [-0.4, -0.2) is 25.3 Å². The molecule has 7 heteroatoms. The first-order valence-corrected chi connectivity index (χ1v) is 8.42. The summed E-state index contributed by atoms with van der Waals surface area (Å²) in [6, 6.07) is 12.0. The third kappa shape index (κ3) is 4.92. The standard InChI is InChI=1S/C17H19N3O3S/c1-11(21)18-12-4-6-13(7-5-12)19-17(22)20-15-9-8-14(24-3)10-16(15)23-2/h4-10H,1-3H3,(H,18,21)(H2,19,20,22). The number of carbonyl (C=O) groups is 2. The van der Waals surface area contributed by atoms with Crippen molar-refractivity contribution in [3.8, 4) is 5.75 Å². The van der Waals surface area contributed by atoms with Crippen molar-refractivity contribution in [2.24, 2.45) is 0 Å². The zero-order valence-corrected chi connectivity index (χ0v) is 14.5. The maximum absolute atomic E-state index is 12.1. The minimum Gasteiger partial charge on any atom is -0.495 e. The minimum atomic E-state index is -0.377. The van der Waals surface area contributed by atoms with E-state index in [1.807, 2.05) is 18.4 Å². The summed E-state index contributed by atoms with van der Waals surface area (Å²) < 4.78 is 5.30. The summed E-state index contributed by atoms with van der Waals surface area (Å²) in [5.74, 6) is 0.451. The molecule has 6 nitrogen and oxygen atoms in total. The number of hydrogen-bond donors (Lipinski definition) is 3. The van der Waals surface area contributed by atoms with Gasteiger partial charge in [0.25, 0.3) is 0 Å². The first-order chi connectivity index (χ1) is 11.5. The molecule has 126 valence electrons. The summed E-state index contributed by atoms with van der Waals surface area (Å²) in [6.07, 6.45) is 1.97. The number of thioether (sulfide) groups is 1. The second-order valence-electron chi connectivity index (χ2n) is 4.90. The summed E-state index contributed by atoms with van der Waals surface area (Å²) in [4.78, 5) is 24.1. The van der Waals surface area contributed by atoms with Gasteiger partial charge in [0.2, 0.25) is 5.91 Å². The van der Waals surface area contributed by atoms with E-state index in [-0.39, 0.29) is 11.9 Å². The van der Waals surface area contributed by atoms with E-state index in [9.17, 15) is 9.59 Å². The molecule has 3 N–H and O–H groups in total. The Bertz CT molecular complexity index is 732. The minimum absolute atomic E-state index is 0.144. The Morgan fingerprint density at radius 2 is 1.58 bits per heavy atom. The molecule has 0 spiro atoms. The zero-order valence-electron chi connectivity index (χ0n) is 13.7. The molecule has 3 amide bonds. The molecule has 2 rings (SSSR count). The van der Waals surface area contributed by atoms with Gasteiger partial charge in [0.05, 0.1) is 12.8 Å². The molecular formula is C17H19N3O3S. The number of ether oxygens (including phenoxy) is 1. The molecule has 0 heterocycles. The highest BCUT2D eigenvalue weighted by molar-refractivity contribution is 7.98. The number of methoxy groups -OCH3 is 1. The predicted octanol–water partition coefficient (Wildman–Crippen LogP) is 4.02. The van der Waals surface area contributed by atoms with Crippen LogP contribution in [0.4, 0.5) is 21.9 Å². The highest BCUT2D eigenvalue weighted by atomic mass is 32.2. The van der Waals surface area contributed by atoms with Gasteiger partial charge in [0, 0.05) is 23.2 Å². The van der Waals surface area contributed by atoms with Crippen molar-refractivity contribution < 1.29 is 14.3 Å². The molecule has 0 saturated carbocycles. The van der Waals surface area contributed by atoms with E-state index in [0.717, 1.165) is 4.90 Å². The van der Waals surface area contributed by atoms with Crippen LogP contribution in [0.5, 0.6) is 5.75 Å². The Balaban J connectivity index is 2.01. The van der Waals surface area contributed by atoms with Gasteiger partial charge in [-0.1, -0.05) is 0 Å². The topological polar surface area (TPSA) is 79.5 Å². The van der Waals surface area contributed by atoms with Gasteiger partial charge >= 0.3 is 6.03 Å². The van der Waals surface area contributed by atoms with Crippen LogP contribution in [0.2, 0.25) is 0 Å². The first-order valence-electron chi connectivity index (χ1n) is 7.19. The fourth-order valence-electron chi connectivity index (χ4n) is 2.03. The quantitative estimate of drug-likeness (QED) is 0.715. The second-order valence-corrected chi connectivity index (χ2v) is 5.78. The molecule has 0 fully saturated rings. The monoisotopic (exact) mass is 345 g/mol. The smallest absolute Gasteiger partial charge is 0.323 e. The number of hydrogen-bond acceptors (Lipinski definition) is 4. The van der Waals surface area contributed by atoms with Crippen LogP contribution in [0.1, 0.15) is 6.92 Å². The van der Waals surface area contributed by atoms with Gasteiger partial charge in [0.1, 0.15) is 5.75 Å². The van der Waals surface area contributed by atoms with Crippen molar-refractivity contribution in [1.82, 2.24) is 0 Å². The summed E-state index contributed by atoms with van der Waals surface area (Å²) in [7, 11) is 1.56. The second kappa shape index (κ2) is 8.26. The number of anilines is 3. The van der Waals surface area contributed by atoms with E-state index >= 15 is 0 Å². The van der Waals surface area contributed by atoms with Crippen LogP contribution in [0, 0.1) is 0 Å². The first kappa shape index (κ1) is 17.7. The molecule has 0 saturated heterocycles. The summed E-state index contributed by atoms with van der Waals surface area (Å²) in [6.45, 7) is 1.44. The molecule has 0 aliphatic heterocycles. The number of benzene rings is 2. The van der Waals surface area contributed by atoms with E-state index in [4.69, 9.17) is 4.74 Å². The van der Waals surface area contributed by atoms with E-state index in [0.29, 0.717) is 22.8 Å². The van der Waals surface area contributed by atoms with Crippen molar-refractivity contribution in [1.29, 1.82) is 0 Å². The maximum atomic E-state index is 12.1. The lowest BCUT2D eigenvalue weighted by Gasteiger charge is -2.12. The van der Waals surface area contributed by atoms with Crippen molar-refractivity contribution in [2.45, 2.75) is 11.8 Å². The SMILES string of the molecule is COc1cc(SC)ccc1NC(=O)Nc1ccc(NC(C)=O)cc1. The fraction of sp³-hybridized carbons (Fsp3) is 0.176. The Morgan fingerprint density at radius 3 is 2.12 bits per heavy atom. The summed E-state index contributed by atoms with van der Waals surface area (Å²) in [5, 5.41) is 8.15.